The zero-order valence-corrected chi connectivity index (χ0v) is 28.0. The zero-order chi connectivity index (χ0) is 34.6. The highest BCUT2D eigenvalue weighted by Gasteiger charge is 2.38. The number of aromatic amines is 1. The lowest BCUT2D eigenvalue weighted by Gasteiger charge is -2.37. The second-order valence-corrected chi connectivity index (χ2v) is 13.0. The molecule has 9 nitrogen and oxygen atoms in total. The van der Waals surface area contributed by atoms with E-state index in [2.05, 4.69) is 62.1 Å². The summed E-state index contributed by atoms with van der Waals surface area (Å²) in [4.78, 5) is 13.9. The topological polar surface area (TPSA) is 102 Å². The molecule has 50 heavy (non-hydrogen) atoms. The highest BCUT2D eigenvalue weighted by molar-refractivity contribution is 5.91. The molecule has 0 spiro atoms. The number of benzene rings is 2. The smallest absolute Gasteiger partial charge is 0.212 e. The molecule has 4 heterocycles. The number of nitrogens with zero attached hydrogens (tertiary/aromatic N) is 6. The van der Waals surface area contributed by atoms with Gasteiger partial charge in [-0.2, -0.15) is 10.4 Å². The van der Waals surface area contributed by atoms with Gasteiger partial charge in [0, 0.05) is 42.9 Å². The van der Waals surface area contributed by atoms with Crippen molar-refractivity contribution in [3.05, 3.63) is 118 Å². The molecule has 1 N–H and O–H groups in total. The number of rotatable bonds is 12. The monoisotopic (exact) mass is 675 g/mol. The van der Waals surface area contributed by atoms with E-state index in [0.717, 1.165) is 80.1 Å². The van der Waals surface area contributed by atoms with Crippen molar-refractivity contribution >= 4 is 29.0 Å². The normalized spacial score (nSPS) is 22.2. The molecular weight excluding hydrogens is 636 g/mol. The van der Waals surface area contributed by atoms with E-state index in [-0.39, 0.29) is 36.2 Å². The van der Waals surface area contributed by atoms with Gasteiger partial charge in [0.25, 0.3) is 0 Å². The zero-order valence-electron chi connectivity index (χ0n) is 28.0. The first kappa shape index (κ1) is 33.3. The summed E-state index contributed by atoms with van der Waals surface area (Å²) in [7, 11) is 0. The van der Waals surface area contributed by atoms with Crippen LogP contribution in [0.5, 0.6) is 0 Å². The van der Waals surface area contributed by atoms with Crippen LogP contribution < -0.4 is 0 Å². The van der Waals surface area contributed by atoms with Crippen LogP contribution in [0.2, 0.25) is 0 Å². The lowest BCUT2D eigenvalue weighted by molar-refractivity contribution is -0.0605. The van der Waals surface area contributed by atoms with Gasteiger partial charge in [-0.3, -0.25) is 15.0 Å². The number of nitrogens with one attached hydrogen (secondary N) is 1. The molecular formula is C39H39F2N7O2. The average molecular weight is 676 g/mol. The Bertz CT molecular complexity index is 2010. The quantitative estimate of drug-likeness (QED) is 0.101. The van der Waals surface area contributed by atoms with Crippen LogP contribution in [0.3, 0.4) is 0 Å². The molecule has 1 aliphatic carbocycles. The maximum absolute atomic E-state index is 15.0. The van der Waals surface area contributed by atoms with E-state index >= 15 is 0 Å². The summed E-state index contributed by atoms with van der Waals surface area (Å²) < 4.78 is 40.6. The lowest BCUT2D eigenvalue weighted by Crippen LogP contribution is -2.49. The Hall–Kier alpha value is -5.18. The van der Waals surface area contributed by atoms with Crippen molar-refractivity contribution < 1.29 is 18.3 Å². The number of nitriles is 1. The minimum atomic E-state index is -0.491. The first-order chi connectivity index (χ1) is 24.4. The number of ether oxygens (including phenoxy) is 2. The first-order valence-corrected chi connectivity index (χ1v) is 16.9. The van der Waals surface area contributed by atoms with Crippen molar-refractivity contribution in [3.8, 4) is 6.07 Å². The highest BCUT2D eigenvalue weighted by Crippen LogP contribution is 2.33. The second-order valence-electron chi connectivity index (χ2n) is 13.0. The Morgan fingerprint density at radius 3 is 2.88 bits per heavy atom. The number of halogens is 2. The summed E-state index contributed by atoms with van der Waals surface area (Å²) in [5, 5.41) is 16.7. The summed E-state index contributed by atoms with van der Waals surface area (Å²) >= 11 is 0. The third-order valence-corrected chi connectivity index (χ3v) is 9.71. The van der Waals surface area contributed by atoms with Crippen molar-refractivity contribution in [3.63, 3.8) is 0 Å². The molecule has 3 aromatic rings. The number of H-pyrrole nitrogens is 1. The molecule has 2 aromatic carbocycles. The molecule has 0 bridgehead atoms. The molecule has 7 rings (SSSR count). The number of fused-ring (bicyclic) bond motifs is 2. The molecule has 0 radical (unpaired) electrons. The predicted molar refractivity (Wildman–Crippen MR) is 190 cm³/mol. The van der Waals surface area contributed by atoms with Gasteiger partial charge in [-0.05, 0) is 74.4 Å². The van der Waals surface area contributed by atoms with E-state index < -0.39 is 5.82 Å². The van der Waals surface area contributed by atoms with Gasteiger partial charge in [-0.25, -0.2) is 13.8 Å². The van der Waals surface area contributed by atoms with Crippen molar-refractivity contribution in [1.29, 1.82) is 5.26 Å². The van der Waals surface area contributed by atoms with E-state index in [1.165, 1.54) is 17.7 Å². The van der Waals surface area contributed by atoms with Crippen molar-refractivity contribution in [2.75, 3.05) is 32.8 Å². The minimum Gasteiger partial charge on any atom is -0.473 e. The van der Waals surface area contributed by atoms with Gasteiger partial charge in [0.05, 0.1) is 36.4 Å². The number of hydrogen-bond acceptors (Lipinski definition) is 8. The molecule has 3 atom stereocenters. The summed E-state index contributed by atoms with van der Waals surface area (Å²) in [6.07, 6.45) is 17.4. The fourth-order valence-corrected chi connectivity index (χ4v) is 6.71. The maximum Gasteiger partial charge on any atom is 0.212 e. The fourth-order valence-electron chi connectivity index (χ4n) is 6.71. The van der Waals surface area contributed by atoms with Crippen LogP contribution in [0.4, 0.5) is 8.78 Å². The summed E-state index contributed by atoms with van der Waals surface area (Å²) in [5.74, 6) is 0.543. The number of aliphatic imine (C=N–C) groups is 2. The standard InChI is InChI=1S/C39H39F2N7O2/c1-25-32-18-30(19-34(41)39(32)46-45-25)28-9-10-35-36(20-28)48(22-31-13-16-49-31)37(44-35)23-47-14-11-26(12-15-47)5-3-4-6-38(43-2)50-24-29-8-7-27(21-42)17-33(29)40/h3-4,6-11,17-20,31,35-36H,2,5,12-16,22-24H2,1H3,(H,45,46)/b4-3-,38-6+. The maximum atomic E-state index is 15.0. The predicted octanol–water partition coefficient (Wildman–Crippen LogP) is 6.55. The minimum absolute atomic E-state index is 0.00853. The molecule has 1 fully saturated rings. The van der Waals surface area contributed by atoms with Crippen molar-refractivity contribution in [2.45, 2.75) is 51.0 Å². The van der Waals surface area contributed by atoms with Crippen LogP contribution >= 0.6 is 0 Å². The molecule has 256 valence electrons. The van der Waals surface area contributed by atoms with E-state index in [4.69, 9.17) is 19.7 Å². The van der Waals surface area contributed by atoms with E-state index in [1.807, 2.05) is 25.1 Å². The van der Waals surface area contributed by atoms with Crippen LogP contribution in [0.25, 0.3) is 16.5 Å². The molecule has 0 amide bonds. The van der Waals surface area contributed by atoms with E-state index in [9.17, 15) is 8.78 Å². The van der Waals surface area contributed by atoms with Crippen LogP contribution in [0, 0.1) is 29.9 Å². The Labute approximate surface area is 290 Å². The molecule has 0 saturated carbocycles. The SMILES string of the molecule is C=N/C(=C\C=C/CC1=CCN(CC2=NC3C=CC(c4cc(F)c5n[nH]c(C)c5c4)=CC3N2CC2CCO2)CC1)OCc1ccc(C#N)cc1F. The number of allylic oxidation sites excluding steroid dienone is 5. The Morgan fingerprint density at radius 2 is 2.14 bits per heavy atom. The van der Waals surface area contributed by atoms with Gasteiger partial charge < -0.3 is 14.4 Å². The van der Waals surface area contributed by atoms with Gasteiger partial charge in [-0.1, -0.05) is 48.1 Å². The Morgan fingerprint density at radius 1 is 1.26 bits per heavy atom. The van der Waals surface area contributed by atoms with Gasteiger partial charge in [0.1, 0.15) is 23.8 Å². The van der Waals surface area contributed by atoms with Gasteiger partial charge in [-0.15, -0.1) is 0 Å². The van der Waals surface area contributed by atoms with Gasteiger partial charge in [0.2, 0.25) is 5.88 Å². The Balaban J connectivity index is 0.959. The van der Waals surface area contributed by atoms with Crippen LogP contribution in [-0.2, 0) is 16.1 Å². The highest BCUT2D eigenvalue weighted by atomic mass is 19.1. The van der Waals surface area contributed by atoms with Crippen molar-refractivity contribution in [1.82, 2.24) is 20.0 Å². The molecule has 11 heteroatoms. The summed E-state index contributed by atoms with van der Waals surface area (Å²) in [5.41, 5.74) is 5.00. The fraction of sp³-hybridized carbons (Fsp3) is 0.333. The van der Waals surface area contributed by atoms with Gasteiger partial charge >= 0.3 is 0 Å². The third-order valence-electron chi connectivity index (χ3n) is 9.71. The molecule has 1 saturated heterocycles. The average Bonchev–Trinajstić information content (AvgIpc) is 3.66. The van der Waals surface area contributed by atoms with Crippen LogP contribution in [0.15, 0.2) is 94.3 Å². The molecule has 3 aliphatic heterocycles. The summed E-state index contributed by atoms with van der Waals surface area (Å²) in [6, 6.07) is 9.84. The molecule has 1 aromatic heterocycles. The Kier molecular flexibility index (Phi) is 9.83. The largest absolute Gasteiger partial charge is 0.473 e. The van der Waals surface area contributed by atoms with Crippen molar-refractivity contribution in [2.24, 2.45) is 9.98 Å². The number of amidine groups is 1. The number of aryl methyl sites for hydroxylation is 1. The third kappa shape index (κ3) is 7.22. The van der Waals surface area contributed by atoms with Crippen LogP contribution in [0.1, 0.15) is 41.6 Å². The van der Waals surface area contributed by atoms with Crippen LogP contribution in [-0.4, -0.2) is 83.5 Å². The second kappa shape index (κ2) is 14.7. The molecule has 3 unspecified atom stereocenters. The first-order valence-electron chi connectivity index (χ1n) is 16.9. The van der Waals surface area contributed by atoms with Gasteiger partial charge in [0.15, 0.2) is 5.82 Å². The number of hydrogen-bond donors (Lipinski definition) is 1. The van der Waals surface area contributed by atoms with E-state index in [1.54, 1.807) is 18.2 Å². The number of aromatic nitrogens is 2. The lowest BCUT2D eigenvalue weighted by atomic mass is 9.92. The summed E-state index contributed by atoms with van der Waals surface area (Å²) in [6.45, 7) is 9.54. The van der Waals surface area contributed by atoms with E-state index in [0.29, 0.717) is 17.0 Å². The molecule has 4 aliphatic rings.